The van der Waals surface area contributed by atoms with Gasteiger partial charge in [0.25, 0.3) is 5.91 Å². The third-order valence-electron chi connectivity index (χ3n) is 5.31. The normalized spacial score (nSPS) is 14.8. The Kier molecular flexibility index (Phi) is 6.03. The maximum absolute atomic E-state index is 12.5. The summed E-state index contributed by atoms with van der Waals surface area (Å²) in [6, 6.07) is 8.55. The van der Waals surface area contributed by atoms with Crippen LogP contribution in [0, 0.1) is 0 Å². The van der Waals surface area contributed by atoms with E-state index in [-0.39, 0.29) is 22.3 Å². The molecule has 0 atom stereocenters. The summed E-state index contributed by atoms with van der Waals surface area (Å²) in [5.74, 6) is -0.817. The number of imide groups is 1. The molecule has 6 nitrogen and oxygen atoms in total. The number of thiocarbonyl (C=S) groups is 1. The lowest BCUT2D eigenvalue weighted by Gasteiger charge is -2.36. The van der Waals surface area contributed by atoms with Crippen LogP contribution in [-0.2, 0) is 10.2 Å². The van der Waals surface area contributed by atoms with Crippen molar-refractivity contribution in [1.29, 1.82) is 0 Å². The fourth-order valence-corrected chi connectivity index (χ4v) is 4.32. The maximum Gasteiger partial charge on any atom is 0.260 e. The number of amides is 2. The first-order valence-electron chi connectivity index (χ1n) is 9.06. The minimum absolute atomic E-state index is 0.205. The van der Waals surface area contributed by atoms with Crippen LogP contribution in [0.5, 0.6) is 0 Å². The highest BCUT2D eigenvalue weighted by Gasteiger charge is 2.45. The first kappa shape index (κ1) is 21.4. The van der Waals surface area contributed by atoms with Crippen molar-refractivity contribution in [3.05, 3.63) is 51.5 Å². The molecule has 0 aromatic heterocycles. The Labute approximate surface area is 184 Å². The molecule has 2 amide bonds. The van der Waals surface area contributed by atoms with Crippen molar-refractivity contribution in [2.24, 2.45) is 0 Å². The topological polar surface area (TPSA) is 96.2 Å². The van der Waals surface area contributed by atoms with E-state index in [0.717, 1.165) is 0 Å². The molecular weight excluding hydrogens is 431 g/mol. The van der Waals surface area contributed by atoms with Gasteiger partial charge in [0.15, 0.2) is 5.11 Å². The van der Waals surface area contributed by atoms with Crippen molar-refractivity contribution >= 4 is 69.4 Å². The van der Waals surface area contributed by atoms with Crippen molar-refractivity contribution in [2.75, 3.05) is 16.4 Å². The van der Waals surface area contributed by atoms with Gasteiger partial charge in [0.2, 0.25) is 5.91 Å². The number of carbonyl (C=O) groups excluding carboxylic acids is 2. The molecule has 0 aliphatic carbocycles. The second-order valence-corrected chi connectivity index (χ2v) is 7.92. The van der Waals surface area contributed by atoms with Gasteiger partial charge in [-0.05, 0) is 48.8 Å². The number of fused-ring (bicyclic) bond motifs is 1. The molecule has 0 radical (unpaired) electrons. The number of hydrogen-bond acceptors (Lipinski definition) is 4. The highest BCUT2D eigenvalue weighted by Crippen LogP contribution is 2.41. The Morgan fingerprint density at radius 1 is 1.10 bits per heavy atom. The SMILES string of the molecule is CCC1(CC)C(=O)NC(=O)c2c1ccc(NC(=S)Nc1c(Cl)cccc1Cl)c2N. The van der Waals surface area contributed by atoms with Gasteiger partial charge in [0, 0.05) is 0 Å². The molecule has 1 heterocycles. The minimum atomic E-state index is -0.792. The van der Waals surface area contributed by atoms with Crippen LogP contribution in [0.25, 0.3) is 0 Å². The zero-order valence-corrected chi connectivity index (χ0v) is 18.2. The number of hydrogen-bond donors (Lipinski definition) is 4. The van der Waals surface area contributed by atoms with E-state index >= 15 is 0 Å². The van der Waals surface area contributed by atoms with Crippen molar-refractivity contribution in [3.8, 4) is 0 Å². The fourth-order valence-electron chi connectivity index (χ4n) is 3.62. The zero-order chi connectivity index (χ0) is 21.3. The van der Waals surface area contributed by atoms with E-state index in [0.29, 0.717) is 39.8 Å². The van der Waals surface area contributed by atoms with Crippen LogP contribution in [0.1, 0.15) is 42.6 Å². The van der Waals surface area contributed by atoms with Crippen LogP contribution >= 0.6 is 35.4 Å². The van der Waals surface area contributed by atoms with E-state index in [1.807, 2.05) is 13.8 Å². The van der Waals surface area contributed by atoms with Crippen LogP contribution in [0.4, 0.5) is 17.1 Å². The minimum Gasteiger partial charge on any atom is -0.396 e. The van der Waals surface area contributed by atoms with Crippen molar-refractivity contribution in [1.82, 2.24) is 5.32 Å². The summed E-state index contributed by atoms with van der Waals surface area (Å²) in [4.78, 5) is 25.1. The van der Waals surface area contributed by atoms with Crippen LogP contribution in [-0.4, -0.2) is 16.9 Å². The quantitative estimate of drug-likeness (QED) is 0.306. The number of anilines is 3. The maximum atomic E-state index is 12.5. The summed E-state index contributed by atoms with van der Waals surface area (Å²) in [6.07, 6.45) is 1.10. The Balaban J connectivity index is 1.95. The van der Waals surface area contributed by atoms with E-state index in [4.69, 9.17) is 41.2 Å². The molecule has 0 saturated heterocycles. The first-order chi connectivity index (χ1) is 13.7. The molecule has 2 aromatic carbocycles. The second-order valence-electron chi connectivity index (χ2n) is 6.70. The molecule has 5 N–H and O–H groups in total. The Morgan fingerprint density at radius 2 is 1.72 bits per heavy atom. The molecule has 0 unspecified atom stereocenters. The molecule has 152 valence electrons. The fraction of sp³-hybridized carbons (Fsp3) is 0.250. The summed E-state index contributed by atoms with van der Waals surface area (Å²) >= 11 is 17.7. The molecule has 2 aromatic rings. The molecule has 29 heavy (non-hydrogen) atoms. The predicted octanol–water partition coefficient (Wildman–Crippen LogP) is 4.71. The summed E-state index contributed by atoms with van der Waals surface area (Å²) < 4.78 is 0. The number of nitrogens with two attached hydrogens (primary N) is 1. The first-order valence-corrected chi connectivity index (χ1v) is 10.2. The Morgan fingerprint density at radius 3 is 2.31 bits per heavy atom. The van der Waals surface area contributed by atoms with E-state index in [9.17, 15) is 9.59 Å². The molecule has 0 saturated carbocycles. The smallest absolute Gasteiger partial charge is 0.260 e. The molecule has 0 bridgehead atoms. The second kappa shape index (κ2) is 8.18. The number of halogens is 2. The van der Waals surface area contributed by atoms with Crippen LogP contribution in [0.2, 0.25) is 10.0 Å². The lowest BCUT2D eigenvalue weighted by Crippen LogP contribution is -2.51. The van der Waals surface area contributed by atoms with Gasteiger partial charge in [0.1, 0.15) is 0 Å². The lowest BCUT2D eigenvalue weighted by atomic mass is 9.70. The lowest BCUT2D eigenvalue weighted by molar-refractivity contribution is -0.126. The number of rotatable bonds is 4. The monoisotopic (exact) mass is 450 g/mol. The van der Waals surface area contributed by atoms with Gasteiger partial charge in [-0.25, -0.2) is 0 Å². The van der Waals surface area contributed by atoms with Gasteiger partial charge in [-0.2, -0.15) is 0 Å². The number of benzene rings is 2. The average Bonchev–Trinajstić information content (AvgIpc) is 2.67. The van der Waals surface area contributed by atoms with E-state index in [1.165, 1.54) is 0 Å². The molecule has 1 aliphatic heterocycles. The van der Waals surface area contributed by atoms with Gasteiger partial charge >= 0.3 is 0 Å². The Bertz CT molecular complexity index is 1000. The van der Waals surface area contributed by atoms with Gasteiger partial charge in [-0.15, -0.1) is 0 Å². The van der Waals surface area contributed by atoms with Crippen molar-refractivity contribution in [3.63, 3.8) is 0 Å². The number of para-hydroxylation sites is 1. The summed E-state index contributed by atoms with van der Waals surface area (Å²) in [5.41, 5.74) is 7.54. The molecule has 0 fully saturated rings. The van der Waals surface area contributed by atoms with Crippen LogP contribution < -0.4 is 21.7 Å². The van der Waals surface area contributed by atoms with E-state index in [1.54, 1.807) is 30.3 Å². The van der Waals surface area contributed by atoms with Crippen LogP contribution in [0.3, 0.4) is 0 Å². The molecule has 1 aliphatic rings. The van der Waals surface area contributed by atoms with Gasteiger partial charge < -0.3 is 16.4 Å². The highest BCUT2D eigenvalue weighted by atomic mass is 35.5. The molecule has 9 heteroatoms. The largest absolute Gasteiger partial charge is 0.396 e. The summed E-state index contributed by atoms with van der Waals surface area (Å²) in [5, 5.41) is 9.37. The standard InChI is InChI=1S/C20H20Cl2N4O2S/c1-3-20(4-2)10-8-9-13(15(23)14(10)17(27)26-18(20)28)24-19(29)25-16-11(21)6-5-7-12(16)22/h5-9H,3-4,23H2,1-2H3,(H2,24,25,29)(H,26,27,28). The average molecular weight is 451 g/mol. The van der Waals surface area contributed by atoms with Crippen LogP contribution in [0.15, 0.2) is 30.3 Å². The van der Waals surface area contributed by atoms with Gasteiger partial charge in [-0.3, -0.25) is 14.9 Å². The third kappa shape index (κ3) is 3.66. The van der Waals surface area contributed by atoms with E-state index < -0.39 is 11.3 Å². The van der Waals surface area contributed by atoms with Gasteiger partial charge in [0.05, 0.1) is 38.1 Å². The van der Waals surface area contributed by atoms with E-state index in [2.05, 4.69) is 16.0 Å². The number of nitrogen functional groups attached to an aromatic ring is 1. The van der Waals surface area contributed by atoms with Gasteiger partial charge in [-0.1, -0.05) is 49.2 Å². The third-order valence-corrected chi connectivity index (χ3v) is 6.14. The van der Waals surface area contributed by atoms with Crippen molar-refractivity contribution in [2.45, 2.75) is 32.1 Å². The Hall–Kier alpha value is -2.35. The number of carbonyl (C=O) groups is 2. The number of nitrogens with one attached hydrogen (secondary N) is 3. The predicted molar refractivity (Wildman–Crippen MR) is 122 cm³/mol. The van der Waals surface area contributed by atoms with Crippen molar-refractivity contribution < 1.29 is 9.59 Å². The molecule has 3 rings (SSSR count). The zero-order valence-electron chi connectivity index (χ0n) is 15.9. The summed E-state index contributed by atoms with van der Waals surface area (Å²) in [7, 11) is 0. The molecule has 0 spiro atoms. The molecular formula is C20H20Cl2N4O2S. The summed E-state index contributed by atoms with van der Waals surface area (Å²) in [6.45, 7) is 3.83. The highest BCUT2D eigenvalue weighted by molar-refractivity contribution is 7.80.